The van der Waals surface area contributed by atoms with Gasteiger partial charge in [-0.3, -0.25) is 9.59 Å². The Labute approximate surface area is 132 Å². The van der Waals surface area contributed by atoms with Crippen LogP contribution in [-0.2, 0) is 14.3 Å². The molecule has 1 saturated heterocycles. The number of hydrogen-bond acceptors (Lipinski definition) is 5. The molecule has 5 nitrogen and oxygen atoms in total. The van der Waals surface area contributed by atoms with Gasteiger partial charge in [-0.25, -0.2) is 4.98 Å². The van der Waals surface area contributed by atoms with Crippen LogP contribution >= 0.6 is 11.3 Å². The molecule has 1 aliphatic rings. The first kappa shape index (κ1) is 14.7. The predicted molar refractivity (Wildman–Crippen MR) is 84.8 cm³/mol. The first-order valence-corrected chi connectivity index (χ1v) is 7.87. The number of aryl methyl sites for hydroxylation is 1. The Morgan fingerprint density at radius 3 is 2.95 bits per heavy atom. The number of carbonyl (C=O) groups is 2. The molecule has 0 aliphatic carbocycles. The lowest BCUT2D eigenvalue weighted by atomic mass is 10.1. The Morgan fingerprint density at radius 1 is 1.45 bits per heavy atom. The van der Waals surface area contributed by atoms with Gasteiger partial charge in [0.05, 0.1) is 23.7 Å². The van der Waals surface area contributed by atoms with Crippen molar-refractivity contribution < 1.29 is 14.3 Å². The summed E-state index contributed by atoms with van der Waals surface area (Å²) in [7, 11) is 1.35. The smallest absolute Gasteiger partial charge is 0.311 e. The number of aromatic nitrogens is 1. The first-order valence-electron chi connectivity index (χ1n) is 6.99. The van der Waals surface area contributed by atoms with Gasteiger partial charge >= 0.3 is 5.97 Å². The topological polar surface area (TPSA) is 59.5 Å². The number of benzene rings is 1. The van der Waals surface area contributed by atoms with Gasteiger partial charge in [0.1, 0.15) is 0 Å². The molecule has 2 aromatic rings. The van der Waals surface area contributed by atoms with Crippen molar-refractivity contribution in [2.75, 3.05) is 18.6 Å². The van der Waals surface area contributed by atoms with Crippen molar-refractivity contribution in [3.63, 3.8) is 0 Å². The number of nitrogens with zero attached hydrogens (tertiary/aromatic N) is 2. The Bertz CT molecular complexity index is 726. The summed E-state index contributed by atoms with van der Waals surface area (Å²) in [6.07, 6.45) is 0.201. The highest BCUT2D eigenvalue weighted by molar-refractivity contribution is 7.09. The number of ether oxygens (including phenoxy) is 1. The van der Waals surface area contributed by atoms with E-state index in [0.29, 0.717) is 6.54 Å². The molecule has 1 atom stereocenters. The Kier molecular flexibility index (Phi) is 3.94. The van der Waals surface area contributed by atoms with Crippen molar-refractivity contribution in [2.45, 2.75) is 13.3 Å². The van der Waals surface area contributed by atoms with Crippen LogP contribution in [0.3, 0.4) is 0 Å². The normalized spacial score (nSPS) is 17.8. The van der Waals surface area contributed by atoms with Gasteiger partial charge in [0.15, 0.2) is 0 Å². The molecule has 22 heavy (non-hydrogen) atoms. The summed E-state index contributed by atoms with van der Waals surface area (Å²) in [6.45, 7) is 2.33. The van der Waals surface area contributed by atoms with E-state index in [2.05, 4.69) is 4.98 Å². The Hall–Kier alpha value is -2.21. The molecule has 1 unspecified atom stereocenters. The third-order valence-corrected chi connectivity index (χ3v) is 4.51. The minimum Gasteiger partial charge on any atom is -0.469 e. The lowest BCUT2D eigenvalue weighted by Gasteiger charge is -2.17. The van der Waals surface area contributed by atoms with Crippen LogP contribution in [-0.4, -0.2) is 30.5 Å². The average molecular weight is 316 g/mol. The van der Waals surface area contributed by atoms with E-state index >= 15 is 0 Å². The molecule has 0 radical (unpaired) electrons. The molecular formula is C16H16N2O3S. The molecule has 6 heteroatoms. The molecule has 1 amide bonds. The first-order chi connectivity index (χ1) is 10.6. The van der Waals surface area contributed by atoms with Crippen LogP contribution in [0.15, 0.2) is 29.6 Å². The number of esters is 1. The van der Waals surface area contributed by atoms with Crippen molar-refractivity contribution >= 4 is 28.9 Å². The van der Waals surface area contributed by atoms with E-state index in [9.17, 15) is 9.59 Å². The van der Waals surface area contributed by atoms with E-state index in [0.717, 1.165) is 22.0 Å². The summed E-state index contributed by atoms with van der Waals surface area (Å²) < 4.78 is 4.74. The average Bonchev–Trinajstić information content (AvgIpc) is 3.13. The lowest BCUT2D eigenvalue weighted by molar-refractivity contribution is -0.145. The van der Waals surface area contributed by atoms with Crippen LogP contribution in [0, 0.1) is 12.8 Å². The van der Waals surface area contributed by atoms with Crippen molar-refractivity contribution in [1.29, 1.82) is 0 Å². The molecule has 2 heterocycles. The molecule has 0 bridgehead atoms. The Balaban J connectivity index is 1.86. The van der Waals surface area contributed by atoms with Gasteiger partial charge in [0.2, 0.25) is 5.91 Å². The summed E-state index contributed by atoms with van der Waals surface area (Å²) >= 11 is 1.59. The highest BCUT2D eigenvalue weighted by Crippen LogP contribution is 2.30. The van der Waals surface area contributed by atoms with Gasteiger partial charge in [-0.1, -0.05) is 12.1 Å². The lowest BCUT2D eigenvalue weighted by Crippen LogP contribution is -2.26. The van der Waals surface area contributed by atoms with E-state index in [-0.39, 0.29) is 24.2 Å². The van der Waals surface area contributed by atoms with Crippen LogP contribution in [0.4, 0.5) is 5.69 Å². The summed E-state index contributed by atoms with van der Waals surface area (Å²) in [5.41, 5.74) is 2.66. The molecular weight excluding hydrogens is 300 g/mol. The van der Waals surface area contributed by atoms with Crippen molar-refractivity contribution in [2.24, 2.45) is 5.92 Å². The van der Waals surface area contributed by atoms with Gasteiger partial charge in [-0.2, -0.15) is 0 Å². The van der Waals surface area contributed by atoms with E-state index in [1.165, 1.54) is 7.11 Å². The highest BCUT2D eigenvalue weighted by atomic mass is 32.1. The highest BCUT2D eigenvalue weighted by Gasteiger charge is 2.35. The zero-order valence-electron chi connectivity index (χ0n) is 12.4. The van der Waals surface area contributed by atoms with Crippen molar-refractivity contribution in [3.05, 3.63) is 34.7 Å². The van der Waals surface area contributed by atoms with Crippen LogP contribution in [0.2, 0.25) is 0 Å². The maximum atomic E-state index is 12.2. The van der Waals surface area contributed by atoms with E-state index in [1.807, 2.05) is 36.6 Å². The quantitative estimate of drug-likeness (QED) is 0.817. The standard InChI is InChI=1S/C16H16N2O3S/c1-10-17-14(9-22-10)11-4-3-5-13(6-11)18-8-12(7-15(18)19)16(20)21-2/h3-6,9,12H,7-8H2,1-2H3. The molecule has 114 valence electrons. The number of anilines is 1. The zero-order valence-corrected chi connectivity index (χ0v) is 13.2. The van der Waals surface area contributed by atoms with Crippen molar-refractivity contribution in [3.8, 4) is 11.3 Å². The maximum absolute atomic E-state index is 12.2. The molecule has 1 aromatic heterocycles. The predicted octanol–water partition coefficient (Wildman–Crippen LogP) is 2.64. The number of methoxy groups -OCH3 is 1. The molecule has 1 fully saturated rings. The fourth-order valence-corrected chi connectivity index (χ4v) is 3.23. The summed E-state index contributed by atoms with van der Waals surface area (Å²) in [5.74, 6) is -0.771. The molecule has 3 rings (SSSR count). The van der Waals surface area contributed by atoms with Crippen LogP contribution in [0.5, 0.6) is 0 Å². The Morgan fingerprint density at radius 2 is 2.27 bits per heavy atom. The number of carbonyl (C=O) groups excluding carboxylic acids is 2. The molecule has 0 N–H and O–H groups in total. The van der Waals surface area contributed by atoms with E-state index in [1.54, 1.807) is 16.2 Å². The van der Waals surface area contributed by atoms with Gasteiger partial charge in [-0.15, -0.1) is 11.3 Å². The van der Waals surface area contributed by atoms with Crippen molar-refractivity contribution in [1.82, 2.24) is 4.98 Å². The third-order valence-electron chi connectivity index (χ3n) is 3.73. The maximum Gasteiger partial charge on any atom is 0.311 e. The number of thiazole rings is 1. The fourth-order valence-electron chi connectivity index (χ4n) is 2.61. The number of amides is 1. The largest absolute Gasteiger partial charge is 0.469 e. The van der Waals surface area contributed by atoms with Gasteiger partial charge < -0.3 is 9.64 Å². The van der Waals surface area contributed by atoms with Gasteiger partial charge in [0.25, 0.3) is 0 Å². The number of rotatable bonds is 3. The van der Waals surface area contributed by atoms with Crippen LogP contribution < -0.4 is 4.90 Å². The molecule has 0 spiro atoms. The second-order valence-electron chi connectivity index (χ2n) is 5.23. The fraction of sp³-hybridized carbons (Fsp3) is 0.312. The van der Waals surface area contributed by atoms with Crippen LogP contribution in [0.1, 0.15) is 11.4 Å². The minimum absolute atomic E-state index is 0.0537. The molecule has 0 saturated carbocycles. The van der Waals surface area contributed by atoms with Gasteiger partial charge in [0, 0.05) is 29.6 Å². The van der Waals surface area contributed by atoms with Crippen LogP contribution in [0.25, 0.3) is 11.3 Å². The van der Waals surface area contributed by atoms with E-state index in [4.69, 9.17) is 4.74 Å². The summed E-state index contributed by atoms with van der Waals surface area (Å²) in [4.78, 5) is 29.9. The summed E-state index contributed by atoms with van der Waals surface area (Å²) in [6, 6.07) is 7.68. The second kappa shape index (κ2) is 5.88. The molecule has 1 aromatic carbocycles. The third kappa shape index (κ3) is 2.74. The monoisotopic (exact) mass is 316 g/mol. The van der Waals surface area contributed by atoms with E-state index < -0.39 is 0 Å². The second-order valence-corrected chi connectivity index (χ2v) is 6.29. The zero-order chi connectivity index (χ0) is 15.7. The number of hydrogen-bond donors (Lipinski definition) is 0. The van der Waals surface area contributed by atoms with Gasteiger partial charge in [-0.05, 0) is 19.1 Å². The molecule has 1 aliphatic heterocycles. The SMILES string of the molecule is COC(=O)C1CC(=O)N(c2cccc(-c3csc(C)n3)c2)C1. The summed E-state index contributed by atoms with van der Waals surface area (Å²) in [5, 5.41) is 3.00. The minimum atomic E-state index is -0.386.